The largest absolute Gasteiger partial charge is 0.494 e. The maximum atomic E-state index is 11.9. The lowest BCUT2D eigenvalue weighted by Gasteiger charge is -2.25. The molecule has 0 bridgehead atoms. The minimum absolute atomic E-state index is 0.106. The van der Waals surface area contributed by atoms with Crippen LogP contribution < -0.4 is 29.9 Å². The van der Waals surface area contributed by atoms with Crippen molar-refractivity contribution < 1.29 is 27.6 Å². The number of aliphatic hydroxyl groups is 1. The van der Waals surface area contributed by atoms with E-state index in [4.69, 9.17) is 19.4 Å². The molecule has 4 aromatic carbocycles. The molecule has 0 aliphatic rings. The SMILES string of the molecule is CCN(CC)c1cc(Nc2nc(Nc3cc(N(CC)CC)c(OC)cc3/N=N/c3cc(S(=O)(=O)O)ccc3C)nc(SCCO)n2)c(/N=N/c2ccccc2C)cc1OC. The minimum atomic E-state index is -4.48. The van der Waals surface area contributed by atoms with Crippen LogP contribution in [0, 0.1) is 13.8 Å². The lowest BCUT2D eigenvalue weighted by molar-refractivity contribution is 0.322. The zero-order valence-electron chi connectivity index (χ0n) is 35.0. The van der Waals surface area contributed by atoms with Crippen LogP contribution in [0.5, 0.6) is 11.5 Å². The molecule has 0 saturated heterocycles. The van der Waals surface area contributed by atoms with E-state index in [-0.39, 0.29) is 29.1 Å². The Morgan fingerprint density at radius 3 is 1.62 bits per heavy atom. The first-order chi connectivity index (χ1) is 28.8. The lowest BCUT2D eigenvalue weighted by Crippen LogP contribution is -2.22. The third-order valence-electron chi connectivity index (χ3n) is 9.36. The van der Waals surface area contributed by atoms with E-state index in [0.29, 0.717) is 69.5 Å². The first-order valence-corrected chi connectivity index (χ1v) is 21.7. The molecule has 0 aliphatic heterocycles. The van der Waals surface area contributed by atoms with Crippen molar-refractivity contribution >= 4 is 79.3 Å². The summed E-state index contributed by atoms with van der Waals surface area (Å²) in [5.41, 5.74) is 5.92. The van der Waals surface area contributed by atoms with Crippen molar-refractivity contribution in [1.82, 2.24) is 15.0 Å². The van der Waals surface area contributed by atoms with Crippen LogP contribution in [-0.4, -0.2) is 85.8 Å². The number of rotatable bonds is 20. The Hall–Kier alpha value is -5.89. The molecule has 4 N–H and O–H groups in total. The number of nitrogens with one attached hydrogen (secondary N) is 2. The molecule has 0 radical (unpaired) electrons. The van der Waals surface area contributed by atoms with Gasteiger partial charge < -0.3 is 35.0 Å². The van der Waals surface area contributed by atoms with Crippen LogP contribution in [0.3, 0.4) is 0 Å². The van der Waals surface area contributed by atoms with Crippen molar-refractivity contribution in [3.05, 3.63) is 77.9 Å². The molecular weight excluding hydrogens is 807 g/mol. The van der Waals surface area contributed by atoms with Gasteiger partial charge in [-0.1, -0.05) is 36.0 Å². The van der Waals surface area contributed by atoms with Crippen LogP contribution in [0.1, 0.15) is 38.8 Å². The fraction of sp³-hybridized carbons (Fsp3) is 0.341. The van der Waals surface area contributed by atoms with E-state index in [0.717, 1.165) is 30.0 Å². The summed E-state index contributed by atoms with van der Waals surface area (Å²) in [5, 5.41) is 34.8. The topological polar surface area (TPSA) is 212 Å². The number of methoxy groups -OCH3 is 2. The Morgan fingerprint density at radius 1 is 0.667 bits per heavy atom. The van der Waals surface area contributed by atoms with Crippen LogP contribution in [0.2, 0.25) is 0 Å². The summed E-state index contributed by atoms with van der Waals surface area (Å²) in [6.45, 7) is 14.6. The first kappa shape index (κ1) is 45.2. The molecule has 0 amide bonds. The Kier molecular flexibility index (Phi) is 15.7. The fourth-order valence-corrected chi connectivity index (χ4v) is 7.17. The van der Waals surface area contributed by atoms with Gasteiger partial charge in [-0.3, -0.25) is 4.55 Å². The van der Waals surface area contributed by atoms with Crippen molar-refractivity contribution in [3.63, 3.8) is 0 Å². The molecule has 318 valence electrons. The molecule has 60 heavy (non-hydrogen) atoms. The number of ether oxygens (including phenoxy) is 2. The zero-order valence-corrected chi connectivity index (χ0v) is 36.6. The van der Waals surface area contributed by atoms with Gasteiger partial charge in [-0.25, -0.2) is 0 Å². The Balaban J connectivity index is 1.65. The molecule has 0 atom stereocenters. The number of hydrogen-bond donors (Lipinski definition) is 4. The highest BCUT2D eigenvalue weighted by Gasteiger charge is 2.20. The van der Waals surface area contributed by atoms with Gasteiger partial charge in [-0.15, -0.1) is 10.2 Å². The Morgan fingerprint density at radius 2 is 1.15 bits per heavy atom. The second kappa shape index (κ2) is 20.9. The Labute approximate surface area is 355 Å². The number of hydrogen-bond acceptors (Lipinski definition) is 17. The normalized spacial score (nSPS) is 11.6. The number of anilines is 6. The van der Waals surface area contributed by atoms with Crippen LogP contribution in [0.25, 0.3) is 0 Å². The zero-order chi connectivity index (χ0) is 43.4. The van der Waals surface area contributed by atoms with E-state index in [1.807, 2.05) is 63.2 Å². The standard InChI is InChI=1S/C41H51N11O6S2/c1-9-51(10-2)35-22-31(33(24-37(35)57-7)49-47-29-16-14-13-15-26(29)5)42-39-44-40(46-41(45-39)59-20-19-53)43-32-23-36(52(11-3)12-4)38(58-8)25-34(32)50-48-30-21-28(60(54,55)56)18-17-27(30)6/h13-18,21-25,53H,9-12,19-20H2,1-8H3,(H,54,55,56)(H2,42,43,44,45,46)/b49-47+,50-48+. The van der Waals surface area contributed by atoms with Gasteiger partial charge in [0.15, 0.2) is 5.16 Å². The monoisotopic (exact) mass is 857 g/mol. The molecule has 1 aromatic heterocycles. The first-order valence-electron chi connectivity index (χ1n) is 19.3. The summed E-state index contributed by atoms with van der Waals surface area (Å²) in [7, 11) is -1.31. The predicted molar refractivity (Wildman–Crippen MR) is 238 cm³/mol. The third kappa shape index (κ3) is 11.2. The summed E-state index contributed by atoms with van der Waals surface area (Å²) in [5.74, 6) is 1.78. The smallest absolute Gasteiger partial charge is 0.294 e. The summed E-state index contributed by atoms with van der Waals surface area (Å²) >= 11 is 1.24. The van der Waals surface area contributed by atoms with E-state index in [1.165, 1.54) is 30.0 Å². The molecule has 0 aliphatic carbocycles. The highest BCUT2D eigenvalue weighted by molar-refractivity contribution is 7.99. The second-order valence-corrected chi connectivity index (χ2v) is 15.6. The number of thioether (sulfide) groups is 1. The number of benzene rings is 4. The highest BCUT2D eigenvalue weighted by atomic mass is 32.2. The van der Waals surface area contributed by atoms with Crippen LogP contribution in [0.4, 0.5) is 57.4 Å². The van der Waals surface area contributed by atoms with Crippen LogP contribution in [-0.2, 0) is 10.1 Å². The van der Waals surface area contributed by atoms with Gasteiger partial charge in [0, 0.05) is 44.1 Å². The molecule has 5 aromatic rings. The van der Waals surface area contributed by atoms with Crippen molar-refractivity contribution in [3.8, 4) is 11.5 Å². The van der Waals surface area contributed by atoms with Crippen molar-refractivity contribution in [2.75, 3.05) is 73.2 Å². The van der Waals surface area contributed by atoms with Crippen molar-refractivity contribution in [1.29, 1.82) is 0 Å². The summed E-state index contributed by atoms with van der Waals surface area (Å²) in [6, 6.07) is 19.1. The highest BCUT2D eigenvalue weighted by Crippen LogP contribution is 2.43. The van der Waals surface area contributed by atoms with Gasteiger partial charge in [0.1, 0.15) is 22.9 Å². The average Bonchev–Trinajstić information content (AvgIpc) is 3.23. The molecule has 0 spiro atoms. The summed E-state index contributed by atoms with van der Waals surface area (Å²) in [6.07, 6.45) is 0. The quantitative estimate of drug-likeness (QED) is 0.0326. The minimum Gasteiger partial charge on any atom is -0.494 e. The fourth-order valence-electron chi connectivity index (χ4n) is 6.09. The van der Waals surface area contributed by atoms with E-state index in [1.54, 1.807) is 27.2 Å². The van der Waals surface area contributed by atoms with Gasteiger partial charge in [0.25, 0.3) is 10.1 Å². The summed E-state index contributed by atoms with van der Waals surface area (Å²) in [4.78, 5) is 18.1. The van der Waals surface area contributed by atoms with Crippen LogP contribution in [0.15, 0.2) is 97.2 Å². The average molecular weight is 858 g/mol. The maximum absolute atomic E-state index is 11.9. The van der Waals surface area contributed by atoms with E-state index in [9.17, 15) is 18.1 Å². The molecule has 0 fully saturated rings. The molecule has 0 unspecified atom stereocenters. The number of aryl methyl sites for hydroxylation is 2. The number of aliphatic hydroxyl groups excluding tert-OH is 1. The molecular formula is C41H51N11O6S2. The summed E-state index contributed by atoms with van der Waals surface area (Å²) < 4.78 is 45.2. The molecule has 17 nitrogen and oxygen atoms in total. The third-order valence-corrected chi connectivity index (χ3v) is 11.0. The molecule has 19 heteroatoms. The van der Waals surface area contributed by atoms with Gasteiger partial charge in [-0.2, -0.15) is 33.6 Å². The number of azo groups is 2. The van der Waals surface area contributed by atoms with E-state index >= 15 is 0 Å². The number of nitrogens with zero attached hydrogens (tertiary/aromatic N) is 9. The van der Waals surface area contributed by atoms with Crippen molar-refractivity contribution in [2.45, 2.75) is 51.6 Å². The molecule has 5 rings (SSSR count). The lowest BCUT2D eigenvalue weighted by atomic mass is 10.2. The van der Waals surface area contributed by atoms with Gasteiger partial charge in [0.2, 0.25) is 11.9 Å². The van der Waals surface area contributed by atoms with E-state index < -0.39 is 10.1 Å². The molecule has 1 heterocycles. The predicted octanol–water partition coefficient (Wildman–Crippen LogP) is 9.85. The van der Waals surface area contributed by atoms with E-state index in [2.05, 4.69) is 59.7 Å². The maximum Gasteiger partial charge on any atom is 0.294 e. The number of aromatic nitrogens is 3. The van der Waals surface area contributed by atoms with Gasteiger partial charge in [-0.05, 0) is 83.0 Å². The Bertz CT molecular complexity index is 2440. The second-order valence-electron chi connectivity index (χ2n) is 13.1. The molecule has 0 saturated carbocycles. The van der Waals surface area contributed by atoms with Crippen LogP contribution >= 0.6 is 11.8 Å². The van der Waals surface area contributed by atoms with Gasteiger partial charge >= 0.3 is 0 Å². The van der Waals surface area contributed by atoms with Crippen molar-refractivity contribution in [2.24, 2.45) is 20.5 Å². The van der Waals surface area contributed by atoms with Gasteiger partial charge in [0.05, 0.1) is 59.8 Å².